The fourth-order valence-electron chi connectivity index (χ4n) is 2.66. The Labute approximate surface area is 166 Å². The molecule has 1 amide bonds. The molecule has 1 N–H and O–H groups in total. The van der Waals surface area contributed by atoms with Crippen LogP contribution in [0.15, 0.2) is 42.5 Å². The molecule has 0 bridgehead atoms. The van der Waals surface area contributed by atoms with Gasteiger partial charge in [-0.25, -0.2) is 8.42 Å². The van der Waals surface area contributed by atoms with E-state index in [-0.39, 0.29) is 11.7 Å². The van der Waals surface area contributed by atoms with Crippen molar-refractivity contribution in [2.45, 2.75) is 32.1 Å². The Morgan fingerprint density at radius 2 is 1.86 bits per heavy atom. The highest BCUT2D eigenvalue weighted by Crippen LogP contribution is 2.28. The predicted octanol–water partition coefficient (Wildman–Crippen LogP) is 3.35. The van der Waals surface area contributed by atoms with E-state index in [1.807, 2.05) is 18.2 Å². The summed E-state index contributed by atoms with van der Waals surface area (Å²) in [5.74, 6) is 0.945. The number of amides is 1. The highest BCUT2D eigenvalue weighted by atomic mass is 32.2. The second-order valence-electron chi connectivity index (χ2n) is 6.64. The van der Waals surface area contributed by atoms with E-state index in [0.717, 1.165) is 18.4 Å². The number of carbonyl (C=O) groups is 1. The molecule has 28 heavy (non-hydrogen) atoms. The summed E-state index contributed by atoms with van der Waals surface area (Å²) in [6.45, 7) is 3.05. The van der Waals surface area contributed by atoms with Crippen LogP contribution in [-0.4, -0.2) is 34.3 Å². The summed E-state index contributed by atoms with van der Waals surface area (Å²) in [6.07, 6.45) is 3.19. The molecule has 0 radical (unpaired) electrons. The molecule has 0 saturated heterocycles. The lowest BCUT2D eigenvalue weighted by Gasteiger charge is -2.12. The van der Waals surface area contributed by atoms with Crippen LogP contribution in [0, 0.1) is 0 Å². The van der Waals surface area contributed by atoms with Crippen molar-refractivity contribution in [3.8, 4) is 11.5 Å². The molecule has 152 valence electrons. The monoisotopic (exact) mass is 405 g/mol. The first-order valence-corrected chi connectivity index (χ1v) is 11.2. The van der Waals surface area contributed by atoms with Gasteiger partial charge in [0.2, 0.25) is 0 Å². The lowest BCUT2D eigenvalue weighted by atomic mass is 10.1. The summed E-state index contributed by atoms with van der Waals surface area (Å²) in [5.41, 5.74) is 1.89. The van der Waals surface area contributed by atoms with Gasteiger partial charge < -0.3 is 14.8 Å². The number of ether oxygens (including phenoxy) is 2. The van der Waals surface area contributed by atoms with Crippen molar-refractivity contribution < 1.29 is 22.7 Å². The lowest BCUT2D eigenvalue weighted by molar-refractivity contribution is 0.0950. The summed E-state index contributed by atoms with van der Waals surface area (Å²) in [4.78, 5) is 12.4. The van der Waals surface area contributed by atoms with Crippen molar-refractivity contribution in [3.63, 3.8) is 0 Å². The summed E-state index contributed by atoms with van der Waals surface area (Å²) in [7, 11) is -1.57. The van der Waals surface area contributed by atoms with E-state index in [1.165, 1.54) is 6.26 Å². The van der Waals surface area contributed by atoms with E-state index in [4.69, 9.17) is 9.47 Å². The Morgan fingerprint density at radius 1 is 1.07 bits per heavy atom. The number of hydrogen-bond acceptors (Lipinski definition) is 5. The third-order valence-electron chi connectivity index (χ3n) is 4.05. The minimum atomic E-state index is -3.15. The first kappa shape index (κ1) is 21.8. The molecular formula is C21H27NO5S. The lowest BCUT2D eigenvalue weighted by Crippen LogP contribution is -2.23. The van der Waals surface area contributed by atoms with E-state index < -0.39 is 9.84 Å². The van der Waals surface area contributed by atoms with Crippen LogP contribution in [0.1, 0.15) is 41.3 Å². The predicted molar refractivity (Wildman–Crippen MR) is 110 cm³/mol. The van der Waals surface area contributed by atoms with Gasteiger partial charge in [-0.15, -0.1) is 0 Å². The fraction of sp³-hybridized carbons (Fsp3) is 0.381. The molecule has 7 heteroatoms. The van der Waals surface area contributed by atoms with Crippen LogP contribution in [0.4, 0.5) is 0 Å². The second kappa shape index (κ2) is 10.1. The summed E-state index contributed by atoms with van der Waals surface area (Å²) < 4.78 is 34.0. The van der Waals surface area contributed by atoms with Crippen molar-refractivity contribution in [3.05, 3.63) is 59.2 Å². The van der Waals surface area contributed by atoms with Gasteiger partial charge in [-0.05, 0) is 41.8 Å². The zero-order valence-electron chi connectivity index (χ0n) is 16.5. The van der Waals surface area contributed by atoms with Gasteiger partial charge >= 0.3 is 0 Å². The van der Waals surface area contributed by atoms with Gasteiger partial charge in [0.1, 0.15) is 0 Å². The summed E-state index contributed by atoms with van der Waals surface area (Å²) >= 11 is 0. The molecule has 2 aromatic carbocycles. The van der Waals surface area contributed by atoms with Crippen molar-refractivity contribution in [2.24, 2.45) is 0 Å². The maximum Gasteiger partial charge on any atom is 0.251 e. The molecule has 0 saturated carbocycles. The SMILES string of the molecule is CCCCOc1ccc(CNC(=O)c2cccc(CS(C)(=O)=O)c2)cc1OC. The van der Waals surface area contributed by atoms with Crippen LogP contribution in [0.5, 0.6) is 11.5 Å². The zero-order valence-corrected chi connectivity index (χ0v) is 17.3. The van der Waals surface area contributed by atoms with E-state index in [0.29, 0.717) is 35.8 Å². The number of benzene rings is 2. The van der Waals surface area contributed by atoms with Crippen molar-refractivity contribution >= 4 is 15.7 Å². The minimum absolute atomic E-state index is 0.0924. The Morgan fingerprint density at radius 3 is 2.54 bits per heavy atom. The smallest absolute Gasteiger partial charge is 0.251 e. The molecular weight excluding hydrogens is 378 g/mol. The average molecular weight is 406 g/mol. The first-order valence-electron chi connectivity index (χ1n) is 9.17. The van der Waals surface area contributed by atoms with Crippen LogP contribution >= 0.6 is 0 Å². The quantitative estimate of drug-likeness (QED) is 0.613. The maximum absolute atomic E-state index is 12.4. The van der Waals surface area contributed by atoms with Gasteiger partial charge in [0.15, 0.2) is 21.3 Å². The minimum Gasteiger partial charge on any atom is -0.493 e. The number of rotatable bonds is 10. The average Bonchev–Trinajstić information content (AvgIpc) is 2.65. The molecule has 0 atom stereocenters. The largest absolute Gasteiger partial charge is 0.493 e. The van der Waals surface area contributed by atoms with E-state index in [9.17, 15) is 13.2 Å². The maximum atomic E-state index is 12.4. The van der Waals surface area contributed by atoms with E-state index in [2.05, 4.69) is 12.2 Å². The summed E-state index contributed by atoms with van der Waals surface area (Å²) in [6, 6.07) is 12.2. The van der Waals surface area contributed by atoms with Crippen LogP contribution < -0.4 is 14.8 Å². The van der Waals surface area contributed by atoms with E-state index in [1.54, 1.807) is 31.4 Å². The molecule has 0 aliphatic heterocycles. The number of hydrogen-bond donors (Lipinski definition) is 1. The number of carbonyl (C=O) groups excluding carboxylic acids is 1. The molecule has 0 unspecified atom stereocenters. The van der Waals surface area contributed by atoms with Crippen molar-refractivity contribution in [1.82, 2.24) is 5.32 Å². The van der Waals surface area contributed by atoms with Crippen LogP contribution in [0.25, 0.3) is 0 Å². The fourth-order valence-corrected chi connectivity index (χ4v) is 3.44. The number of sulfone groups is 1. The van der Waals surface area contributed by atoms with Crippen LogP contribution in [0.2, 0.25) is 0 Å². The van der Waals surface area contributed by atoms with Crippen molar-refractivity contribution in [2.75, 3.05) is 20.0 Å². The molecule has 0 aliphatic rings. The summed E-state index contributed by atoms with van der Waals surface area (Å²) in [5, 5.41) is 2.84. The molecule has 0 fully saturated rings. The standard InChI is InChI=1S/C21H27NO5S/c1-4-5-11-27-19-10-9-16(13-20(19)26-2)14-22-21(23)18-8-6-7-17(12-18)15-28(3,24)25/h6-10,12-13H,4-5,11,14-15H2,1-3H3,(H,22,23). The molecule has 0 spiro atoms. The molecule has 2 rings (SSSR count). The van der Waals surface area contributed by atoms with Gasteiger partial charge in [-0.1, -0.05) is 31.5 Å². The molecule has 6 nitrogen and oxygen atoms in total. The third-order valence-corrected chi connectivity index (χ3v) is 4.91. The highest BCUT2D eigenvalue weighted by molar-refractivity contribution is 7.89. The number of nitrogens with one attached hydrogen (secondary N) is 1. The Balaban J connectivity index is 2.01. The highest BCUT2D eigenvalue weighted by Gasteiger charge is 2.11. The zero-order chi connectivity index (χ0) is 20.6. The Kier molecular flexibility index (Phi) is 7.87. The number of methoxy groups -OCH3 is 1. The number of unbranched alkanes of at least 4 members (excludes halogenated alkanes) is 1. The van der Waals surface area contributed by atoms with Crippen molar-refractivity contribution in [1.29, 1.82) is 0 Å². The Bertz CT molecular complexity index is 909. The van der Waals surface area contributed by atoms with Gasteiger partial charge in [0.25, 0.3) is 5.91 Å². The molecule has 0 aromatic heterocycles. The normalized spacial score (nSPS) is 11.1. The van der Waals surface area contributed by atoms with Gasteiger partial charge in [0, 0.05) is 18.4 Å². The third kappa shape index (κ3) is 6.88. The molecule has 0 aliphatic carbocycles. The molecule has 0 heterocycles. The van der Waals surface area contributed by atoms with Crippen LogP contribution in [-0.2, 0) is 22.1 Å². The van der Waals surface area contributed by atoms with Gasteiger partial charge in [0.05, 0.1) is 19.5 Å². The van der Waals surface area contributed by atoms with Gasteiger partial charge in [-0.2, -0.15) is 0 Å². The molecule has 2 aromatic rings. The van der Waals surface area contributed by atoms with E-state index >= 15 is 0 Å². The first-order chi connectivity index (χ1) is 13.3. The Hall–Kier alpha value is -2.54. The second-order valence-corrected chi connectivity index (χ2v) is 8.78. The van der Waals surface area contributed by atoms with Crippen LogP contribution in [0.3, 0.4) is 0 Å². The topological polar surface area (TPSA) is 81.7 Å². The van der Waals surface area contributed by atoms with Gasteiger partial charge in [-0.3, -0.25) is 4.79 Å².